The van der Waals surface area contributed by atoms with Crippen LogP contribution in [-0.2, 0) is 16.4 Å². The Morgan fingerprint density at radius 2 is 1.81 bits per heavy atom. The molecule has 0 spiro atoms. The van der Waals surface area contributed by atoms with E-state index in [-0.39, 0.29) is 10.7 Å². The van der Waals surface area contributed by atoms with Gasteiger partial charge in [-0.25, -0.2) is 12.8 Å². The highest BCUT2D eigenvalue weighted by molar-refractivity contribution is 7.90. The Hall–Kier alpha value is -2.61. The van der Waals surface area contributed by atoms with Crippen LogP contribution < -0.4 is 15.4 Å². The van der Waals surface area contributed by atoms with Crippen molar-refractivity contribution in [2.75, 3.05) is 26.5 Å². The average molecular weight is 379 g/mol. The maximum atomic E-state index is 13.6. The van der Waals surface area contributed by atoms with Gasteiger partial charge in [-0.3, -0.25) is 4.99 Å². The largest absolute Gasteiger partial charge is 0.492 e. The maximum Gasteiger partial charge on any atom is 0.191 e. The molecule has 0 aliphatic rings. The van der Waals surface area contributed by atoms with Gasteiger partial charge in [-0.05, 0) is 30.3 Å². The van der Waals surface area contributed by atoms with Crippen molar-refractivity contribution in [3.63, 3.8) is 0 Å². The molecule has 0 aliphatic heterocycles. The van der Waals surface area contributed by atoms with Crippen molar-refractivity contribution in [3.8, 4) is 5.75 Å². The lowest BCUT2D eigenvalue weighted by molar-refractivity contribution is 0.321. The first-order chi connectivity index (χ1) is 12.4. The highest BCUT2D eigenvalue weighted by Gasteiger charge is 2.06. The van der Waals surface area contributed by atoms with E-state index < -0.39 is 9.84 Å². The molecule has 0 aromatic heterocycles. The molecule has 26 heavy (non-hydrogen) atoms. The van der Waals surface area contributed by atoms with Crippen molar-refractivity contribution in [1.29, 1.82) is 0 Å². The molecule has 2 aromatic carbocycles. The molecule has 0 heterocycles. The second kappa shape index (κ2) is 9.19. The van der Waals surface area contributed by atoms with Gasteiger partial charge in [0, 0.05) is 25.4 Å². The number of halogens is 1. The number of aliphatic imine (C=N–C) groups is 1. The first kappa shape index (κ1) is 19.7. The Morgan fingerprint density at radius 1 is 1.12 bits per heavy atom. The van der Waals surface area contributed by atoms with Gasteiger partial charge >= 0.3 is 0 Å². The van der Waals surface area contributed by atoms with Gasteiger partial charge in [-0.1, -0.05) is 18.2 Å². The van der Waals surface area contributed by atoms with E-state index in [1.54, 1.807) is 37.4 Å². The summed E-state index contributed by atoms with van der Waals surface area (Å²) >= 11 is 0. The number of nitrogens with zero attached hydrogens (tertiary/aromatic N) is 1. The number of hydrogen-bond donors (Lipinski definition) is 2. The fourth-order valence-corrected chi connectivity index (χ4v) is 2.79. The van der Waals surface area contributed by atoms with Crippen LogP contribution in [0.4, 0.5) is 4.39 Å². The Bertz CT molecular complexity index is 852. The number of nitrogens with one attached hydrogen (secondary N) is 2. The molecule has 0 radical (unpaired) electrons. The third kappa shape index (κ3) is 6.03. The van der Waals surface area contributed by atoms with Gasteiger partial charge in [-0.15, -0.1) is 0 Å². The first-order valence-electron chi connectivity index (χ1n) is 8.01. The van der Waals surface area contributed by atoms with Crippen LogP contribution in [0.2, 0.25) is 0 Å². The molecule has 0 bridgehead atoms. The van der Waals surface area contributed by atoms with E-state index >= 15 is 0 Å². The van der Waals surface area contributed by atoms with Crippen LogP contribution in [0.5, 0.6) is 5.75 Å². The molecular formula is C18H22FN3O3S. The van der Waals surface area contributed by atoms with Crippen molar-refractivity contribution in [1.82, 2.24) is 10.6 Å². The number of hydrogen-bond acceptors (Lipinski definition) is 4. The van der Waals surface area contributed by atoms with Crippen molar-refractivity contribution in [2.45, 2.75) is 11.4 Å². The Balaban J connectivity index is 1.75. The maximum absolute atomic E-state index is 13.6. The molecule has 2 rings (SSSR count). The van der Waals surface area contributed by atoms with Crippen LogP contribution >= 0.6 is 0 Å². The lowest BCUT2D eigenvalue weighted by Crippen LogP contribution is -2.39. The van der Waals surface area contributed by atoms with Crippen LogP contribution in [0, 0.1) is 5.82 Å². The third-order valence-electron chi connectivity index (χ3n) is 3.54. The van der Waals surface area contributed by atoms with E-state index in [1.807, 2.05) is 0 Å². The molecule has 6 nitrogen and oxygen atoms in total. The molecule has 0 amide bonds. The molecule has 0 saturated heterocycles. The second-order valence-corrected chi connectivity index (χ2v) is 7.55. The van der Waals surface area contributed by atoms with Gasteiger partial charge in [0.2, 0.25) is 0 Å². The normalized spacial score (nSPS) is 11.9. The van der Waals surface area contributed by atoms with Gasteiger partial charge < -0.3 is 15.4 Å². The number of benzene rings is 2. The summed E-state index contributed by atoms with van der Waals surface area (Å²) < 4.78 is 41.9. The zero-order valence-corrected chi connectivity index (χ0v) is 15.5. The van der Waals surface area contributed by atoms with E-state index in [4.69, 9.17) is 4.74 Å². The van der Waals surface area contributed by atoms with Crippen LogP contribution in [0.1, 0.15) is 5.56 Å². The van der Waals surface area contributed by atoms with Crippen LogP contribution in [-0.4, -0.2) is 40.8 Å². The van der Waals surface area contributed by atoms with Crippen LogP contribution in [0.15, 0.2) is 58.4 Å². The summed E-state index contributed by atoms with van der Waals surface area (Å²) in [7, 11) is -1.58. The SMILES string of the molecule is CN=C(NCCOc1ccc(S(C)(=O)=O)cc1)NCc1ccccc1F. The Labute approximate surface area is 153 Å². The monoisotopic (exact) mass is 379 g/mol. The molecule has 2 N–H and O–H groups in total. The molecule has 8 heteroatoms. The lowest BCUT2D eigenvalue weighted by Gasteiger charge is -2.13. The first-order valence-corrected chi connectivity index (χ1v) is 9.90. The Morgan fingerprint density at radius 3 is 2.42 bits per heavy atom. The zero-order valence-electron chi connectivity index (χ0n) is 14.7. The summed E-state index contributed by atoms with van der Waals surface area (Å²) in [5, 5.41) is 6.09. The van der Waals surface area contributed by atoms with Crippen molar-refractivity contribution in [3.05, 3.63) is 59.9 Å². The van der Waals surface area contributed by atoms with Gasteiger partial charge in [-0.2, -0.15) is 0 Å². The molecule has 0 aliphatic carbocycles. The lowest BCUT2D eigenvalue weighted by atomic mass is 10.2. The van der Waals surface area contributed by atoms with Gasteiger partial charge in [0.15, 0.2) is 15.8 Å². The standard InChI is InChI=1S/C18H22FN3O3S/c1-20-18(22-13-14-5-3-4-6-17(14)19)21-11-12-25-15-7-9-16(10-8-15)26(2,23)24/h3-10H,11-13H2,1-2H3,(H2,20,21,22). The minimum Gasteiger partial charge on any atom is -0.492 e. The summed E-state index contributed by atoms with van der Waals surface area (Å²) in [5.41, 5.74) is 0.553. The minimum atomic E-state index is -3.21. The molecule has 2 aromatic rings. The fraction of sp³-hybridized carbons (Fsp3) is 0.278. The predicted molar refractivity (Wildman–Crippen MR) is 99.6 cm³/mol. The van der Waals surface area contributed by atoms with Gasteiger partial charge in [0.25, 0.3) is 0 Å². The number of ether oxygens (including phenoxy) is 1. The summed E-state index contributed by atoms with van der Waals surface area (Å²) in [6.07, 6.45) is 1.16. The summed E-state index contributed by atoms with van der Waals surface area (Å²) in [5.74, 6) is 0.842. The third-order valence-corrected chi connectivity index (χ3v) is 4.67. The summed E-state index contributed by atoms with van der Waals surface area (Å²) in [6, 6.07) is 12.8. The molecule has 0 unspecified atom stereocenters. The molecule has 0 atom stereocenters. The molecular weight excluding hydrogens is 357 g/mol. The summed E-state index contributed by atoms with van der Waals surface area (Å²) in [6.45, 7) is 1.16. The topological polar surface area (TPSA) is 79.8 Å². The smallest absolute Gasteiger partial charge is 0.191 e. The zero-order chi connectivity index (χ0) is 19.0. The molecule has 0 fully saturated rings. The average Bonchev–Trinajstić information content (AvgIpc) is 2.62. The van der Waals surface area contributed by atoms with E-state index in [9.17, 15) is 12.8 Å². The second-order valence-electron chi connectivity index (χ2n) is 5.54. The van der Waals surface area contributed by atoms with Crippen molar-refractivity contribution >= 4 is 15.8 Å². The number of guanidine groups is 1. The van der Waals surface area contributed by atoms with Gasteiger partial charge in [0.1, 0.15) is 18.2 Å². The minimum absolute atomic E-state index is 0.251. The highest BCUT2D eigenvalue weighted by Crippen LogP contribution is 2.15. The fourth-order valence-electron chi connectivity index (χ4n) is 2.16. The van der Waals surface area contributed by atoms with E-state index in [0.717, 1.165) is 6.26 Å². The molecule has 140 valence electrons. The van der Waals surface area contributed by atoms with Crippen LogP contribution in [0.25, 0.3) is 0 Å². The number of rotatable bonds is 7. The van der Waals surface area contributed by atoms with Crippen molar-refractivity contribution in [2.24, 2.45) is 4.99 Å². The van der Waals surface area contributed by atoms with Crippen LogP contribution in [0.3, 0.4) is 0 Å². The van der Waals surface area contributed by atoms with Gasteiger partial charge in [0.05, 0.1) is 11.4 Å². The Kier molecular flexibility index (Phi) is 6.97. The van der Waals surface area contributed by atoms with E-state index in [0.29, 0.717) is 37.0 Å². The molecule has 0 saturated carbocycles. The van der Waals surface area contributed by atoms with Crippen molar-refractivity contribution < 1.29 is 17.5 Å². The van der Waals surface area contributed by atoms with E-state index in [2.05, 4.69) is 15.6 Å². The number of sulfone groups is 1. The highest BCUT2D eigenvalue weighted by atomic mass is 32.2. The summed E-state index contributed by atoms with van der Waals surface area (Å²) in [4.78, 5) is 4.32. The predicted octanol–water partition coefficient (Wildman–Crippen LogP) is 1.97. The van der Waals surface area contributed by atoms with E-state index in [1.165, 1.54) is 18.2 Å². The quantitative estimate of drug-likeness (QED) is 0.437.